The second-order valence-corrected chi connectivity index (χ2v) is 4.98. The van der Waals surface area contributed by atoms with Crippen LogP contribution < -0.4 is 16.7 Å². The normalized spacial score (nSPS) is 10.2. The molecule has 3 N–H and O–H groups in total. The van der Waals surface area contributed by atoms with E-state index in [9.17, 15) is 9.59 Å². The first-order valence-electron chi connectivity index (χ1n) is 5.75. The molecule has 0 saturated heterocycles. The van der Waals surface area contributed by atoms with Crippen molar-refractivity contribution in [2.75, 3.05) is 16.9 Å². The predicted octanol–water partition coefficient (Wildman–Crippen LogP) is 0.391. The van der Waals surface area contributed by atoms with Crippen molar-refractivity contribution in [3.05, 3.63) is 46.4 Å². The van der Waals surface area contributed by atoms with Crippen molar-refractivity contribution < 1.29 is 4.79 Å². The van der Waals surface area contributed by atoms with Crippen LogP contribution in [0.3, 0.4) is 0 Å². The monoisotopic (exact) mass is 291 g/mol. The largest absolute Gasteiger partial charge is 0.334 e. The zero-order valence-corrected chi connectivity index (χ0v) is 11.6. The van der Waals surface area contributed by atoms with E-state index >= 15 is 0 Å². The van der Waals surface area contributed by atoms with Crippen LogP contribution >= 0.6 is 11.8 Å². The number of nitrogens with one attached hydrogen (secondary N) is 1. The van der Waals surface area contributed by atoms with Gasteiger partial charge in [-0.25, -0.2) is 0 Å². The Morgan fingerprint density at radius 2 is 2.10 bits per heavy atom. The van der Waals surface area contributed by atoms with Crippen LogP contribution in [0.25, 0.3) is 0 Å². The number of carbonyl (C=O) groups is 1. The second-order valence-electron chi connectivity index (χ2n) is 4.04. The fourth-order valence-corrected chi connectivity index (χ4v) is 2.06. The van der Waals surface area contributed by atoms with Crippen molar-refractivity contribution >= 4 is 23.4 Å². The summed E-state index contributed by atoms with van der Waals surface area (Å²) < 4.78 is 0.858. The van der Waals surface area contributed by atoms with Crippen molar-refractivity contribution in [1.82, 2.24) is 14.9 Å². The molecule has 2 rings (SSSR count). The number of aryl methyl sites for hydroxylation is 1. The summed E-state index contributed by atoms with van der Waals surface area (Å²) in [5.41, 5.74) is 1.36. The van der Waals surface area contributed by atoms with E-state index in [-0.39, 0.29) is 16.8 Å². The summed E-state index contributed by atoms with van der Waals surface area (Å²) in [5, 5.41) is 10.1. The van der Waals surface area contributed by atoms with Gasteiger partial charge in [0.05, 0.1) is 5.75 Å². The van der Waals surface area contributed by atoms with Gasteiger partial charge in [-0.2, -0.15) is 9.77 Å². The molecule has 2 aromatic rings. The third-order valence-electron chi connectivity index (χ3n) is 2.42. The van der Waals surface area contributed by atoms with Crippen LogP contribution in [-0.4, -0.2) is 26.5 Å². The highest BCUT2D eigenvalue weighted by Crippen LogP contribution is 2.13. The van der Waals surface area contributed by atoms with Gasteiger partial charge >= 0.3 is 0 Å². The first-order valence-corrected chi connectivity index (χ1v) is 6.74. The Morgan fingerprint density at radius 3 is 2.80 bits per heavy atom. The molecule has 0 bridgehead atoms. The van der Waals surface area contributed by atoms with Gasteiger partial charge in [-0.15, -0.1) is 5.10 Å². The quantitative estimate of drug-likeness (QED) is 0.624. The average molecular weight is 291 g/mol. The molecule has 20 heavy (non-hydrogen) atoms. The Bertz CT molecular complexity index is 668. The van der Waals surface area contributed by atoms with Gasteiger partial charge in [-0.1, -0.05) is 29.5 Å². The molecule has 0 aliphatic rings. The molecule has 0 aliphatic carbocycles. The zero-order chi connectivity index (χ0) is 14.5. The number of nitrogens with zero attached hydrogens (tertiary/aromatic N) is 3. The summed E-state index contributed by atoms with van der Waals surface area (Å²) in [6.07, 6.45) is 1.01. The van der Waals surface area contributed by atoms with Gasteiger partial charge in [-0.3, -0.25) is 9.59 Å². The molecule has 0 aliphatic heterocycles. The average Bonchev–Trinajstić information content (AvgIpc) is 2.43. The SMILES string of the molecule is Cc1ccc(NC(=O)CSc2nncc(=O)n2N)cc1. The van der Waals surface area contributed by atoms with E-state index in [1.54, 1.807) is 0 Å². The molecule has 8 heteroatoms. The molecule has 1 heterocycles. The smallest absolute Gasteiger partial charge is 0.291 e. The van der Waals surface area contributed by atoms with Crippen molar-refractivity contribution in [1.29, 1.82) is 0 Å². The van der Waals surface area contributed by atoms with Gasteiger partial charge in [0.1, 0.15) is 6.20 Å². The minimum absolute atomic E-state index is 0.0865. The maximum absolute atomic E-state index is 11.8. The van der Waals surface area contributed by atoms with E-state index in [2.05, 4.69) is 15.5 Å². The number of amides is 1. The zero-order valence-electron chi connectivity index (χ0n) is 10.7. The predicted molar refractivity (Wildman–Crippen MR) is 77.0 cm³/mol. The highest BCUT2D eigenvalue weighted by Gasteiger charge is 2.08. The van der Waals surface area contributed by atoms with Gasteiger partial charge in [0.15, 0.2) is 0 Å². The molecule has 0 radical (unpaired) electrons. The molecular formula is C12H13N5O2S. The van der Waals surface area contributed by atoms with Crippen LogP contribution in [-0.2, 0) is 4.79 Å². The topological polar surface area (TPSA) is 103 Å². The Balaban J connectivity index is 1.94. The molecular weight excluding hydrogens is 278 g/mol. The van der Waals surface area contributed by atoms with E-state index in [1.807, 2.05) is 31.2 Å². The van der Waals surface area contributed by atoms with Crippen molar-refractivity contribution in [2.45, 2.75) is 12.1 Å². The van der Waals surface area contributed by atoms with Crippen LogP contribution in [0.5, 0.6) is 0 Å². The molecule has 0 saturated carbocycles. The van der Waals surface area contributed by atoms with Crippen LogP contribution in [0.2, 0.25) is 0 Å². The highest BCUT2D eigenvalue weighted by molar-refractivity contribution is 7.99. The minimum atomic E-state index is -0.471. The Kier molecular flexibility index (Phi) is 4.36. The number of hydrogen-bond donors (Lipinski definition) is 2. The molecule has 1 aromatic heterocycles. The van der Waals surface area contributed by atoms with E-state index in [0.717, 1.165) is 28.2 Å². The number of thioether (sulfide) groups is 1. The fraction of sp³-hybridized carbons (Fsp3) is 0.167. The molecule has 1 aromatic carbocycles. The minimum Gasteiger partial charge on any atom is -0.334 e. The molecule has 104 valence electrons. The first-order chi connectivity index (χ1) is 9.56. The summed E-state index contributed by atoms with van der Waals surface area (Å²) in [6, 6.07) is 7.45. The second kappa shape index (κ2) is 6.20. The third kappa shape index (κ3) is 3.58. The number of nitrogens with two attached hydrogens (primary N) is 1. The molecule has 0 atom stereocenters. The van der Waals surface area contributed by atoms with Gasteiger partial charge in [0, 0.05) is 5.69 Å². The lowest BCUT2D eigenvalue weighted by Crippen LogP contribution is -2.30. The lowest BCUT2D eigenvalue weighted by molar-refractivity contribution is -0.113. The fourth-order valence-electron chi connectivity index (χ4n) is 1.39. The van der Waals surface area contributed by atoms with Gasteiger partial charge in [-0.05, 0) is 19.1 Å². The van der Waals surface area contributed by atoms with Gasteiger partial charge < -0.3 is 11.2 Å². The number of carbonyl (C=O) groups excluding carboxylic acids is 1. The summed E-state index contributed by atoms with van der Waals surface area (Å²) in [5.74, 6) is 5.36. The van der Waals surface area contributed by atoms with E-state index in [0.29, 0.717) is 5.69 Å². The summed E-state index contributed by atoms with van der Waals surface area (Å²) >= 11 is 1.04. The number of benzene rings is 1. The molecule has 0 spiro atoms. The lowest BCUT2D eigenvalue weighted by atomic mass is 10.2. The van der Waals surface area contributed by atoms with Crippen molar-refractivity contribution in [2.24, 2.45) is 0 Å². The molecule has 7 nitrogen and oxygen atoms in total. The lowest BCUT2D eigenvalue weighted by Gasteiger charge is -2.06. The number of aromatic nitrogens is 3. The van der Waals surface area contributed by atoms with Crippen molar-refractivity contribution in [3.63, 3.8) is 0 Å². The number of anilines is 1. The van der Waals surface area contributed by atoms with E-state index in [4.69, 9.17) is 5.84 Å². The first kappa shape index (κ1) is 14.1. The van der Waals surface area contributed by atoms with Crippen LogP contribution in [0, 0.1) is 6.92 Å². The summed E-state index contributed by atoms with van der Waals surface area (Å²) in [4.78, 5) is 23.0. The summed E-state index contributed by atoms with van der Waals surface area (Å²) in [6.45, 7) is 1.97. The van der Waals surface area contributed by atoms with Crippen LogP contribution in [0.15, 0.2) is 40.4 Å². The van der Waals surface area contributed by atoms with Gasteiger partial charge in [0.2, 0.25) is 11.1 Å². The third-order valence-corrected chi connectivity index (χ3v) is 3.37. The maximum atomic E-state index is 11.8. The number of rotatable bonds is 4. The molecule has 1 amide bonds. The van der Waals surface area contributed by atoms with E-state index in [1.165, 1.54) is 0 Å². The van der Waals surface area contributed by atoms with Crippen LogP contribution in [0.1, 0.15) is 5.56 Å². The maximum Gasteiger partial charge on any atom is 0.291 e. The Hall–Kier alpha value is -2.35. The Morgan fingerprint density at radius 1 is 1.40 bits per heavy atom. The van der Waals surface area contributed by atoms with Crippen molar-refractivity contribution in [3.8, 4) is 0 Å². The number of hydrogen-bond acceptors (Lipinski definition) is 6. The van der Waals surface area contributed by atoms with E-state index < -0.39 is 5.56 Å². The van der Waals surface area contributed by atoms with Crippen LogP contribution in [0.4, 0.5) is 5.69 Å². The standard InChI is InChI=1S/C12H13N5O2S/c1-8-2-4-9(5-3-8)15-10(18)7-20-12-16-14-6-11(19)17(12)13/h2-6H,7,13H2,1H3,(H,15,18). The molecule has 0 unspecified atom stereocenters. The molecule has 0 fully saturated rings. The van der Waals surface area contributed by atoms with Gasteiger partial charge in [0.25, 0.3) is 5.56 Å². The Labute approximate surface area is 119 Å². The highest BCUT2D eigenvalue weighted by atomic mass is 32.2. The number of nitrogen functional groups attached to an aromatic ring is 1. The summed E-state index contributed by atoms with van der Waals surface area (Å²) in [7, 11) is 0.